The zero-order valence-corrected chi connectivity index (χ0v) is 14.6. The summed E-state index contributed by atoms with van der Waals surface area (Å²) in [6, 6.07) is 12.1. The number of carbonyl (C=O) groups excluding carboxylic acids is 1. The average molecular weight is 327 g/mol. The van der Waals surface area contributed by atoms with Crippen LogP contribution in [-0.4, -0.2) is 43.0 Å². The molecule has 5 nitrogen and oxygen atoms in total. The van der Waals surface area contributed by atoms with Gasteiger partial charge in [0.2, 0.25) is 0 Å². The molecule has 1 aliphatic rings. The highest BCUT2D eigenvalue weighted by atomic mass is 16.3. The fourth-order valence-electron chi connectivity index (χ4n) is 3.03. The minimum Gasteiger partial charge on any atom is -0.456 e. The molecule has 1 aromatic carbocycles. The van der Waals surface area contributed by atoms with Crippen molar-refractivity contribution in [2.75, 3.05) is 36.4 Å². The Balaban J connectivity index is 1.65. The first-order chi connectivity index (χ1) is 11.5. The van der Waals surface area contributed by atoms with Crippen molar-refractivity contribution in [2.45, 2.75) is 26.8 Å². The van der Waals surface area contributed by atoms with Gasteiger partial charge >= 0.3 is 0 Å². The normalized spacial score (nSPS) is 15.8. The molecule has 1 aliphatic heterocycles. The third-order valence-corrected chi connectivity index (χ3v) is 4.48. The minimum atomic E-state index is -0.218. The number of aryl methyl sites for hydroxylation is 1. The predicted molar refractivity (Wildman–Crippen MR) is 96.8 cm³/mol. The minimum absolute atomic E-state index is 0.218. The summed E-state index contributed by atoms with van der Waals surface area (Å²) in [6.45, 7) is 10.5. The number of anilines is 2. The van der Waals surface area contributed by atoms with Crippen molar-refractivity contribution in [3.63, 3.8) is 0 Å². The Morgan fingerprint density at radius 1 is 1.12 bits per heavy atom. The third-order valence-electron chi connectivity index (χ3n) is 4.48. The molecule has 0 saturated carbocycles. The average Bonchev–Trinajstić information content (AvgIpc) is 3.02. The van der Waals surface area contributed by atoms with Crippen LogP contribution >= 0.6 is 0 Å². The van der Waals surface area contributed by atoms with Gasteiger partial charge in [-0.3, -0.25) is 9.69 Å². The lowest BCUT2D eigenvalue weighted by Gasteiger charge is -2.38. The molecular formula is C19H25N3O2. The van der Waals surface area contributed by atoms with Crippen LogP contribution in [0, 0.1) is 6.92 Å². The van der Waals surface area contributed by atoms with Gasteiger partial charge in [0.25, 0.3) is 5.91 Å². The van der Waals surface area contributed by atoms with E-state index in [1.807, 2.05) is 25.1 Å². The zero-order valence-electron chi connectivity index (χ0n) is 14.6. The molecule has 1 saturated heterocycles. The summed E-state index contributed by atoms with van der Waals surface area (Å²) in [7, 11) is 0. The molecule has 1 aromatic heterocycles. The van der Waals surface area contributed by atoms with E-state index in [-0.39, 0.29) is 5.91 Å². The van der Waals surface area contributed by atoms with Gasteiger partial charge in [-0.25, -0.2) is 0 Å². The molecule has 1 fully saturated rings. The molecule has 0 spiro atoms. The Morgan fingerprint density at radius 3 is 2.50 bits per heavy atom. The maximum Gasteiger partial charge on any atom is 0.291 e. The largest absolute Gasteiger partial charge is 0.456 e. The molecule has 2 heterocycles. The highest BCUT2D eigenvalue weighted by molar-refractivity contribution is 6.02. The number of furan rings is 1. The van der Waals surface area contributed by atoms with Crippen LogP contribution in [0.3, 0.4) is 0 Å². The van der Waals surface area contributed by atoms with Crippen LogP contribution in [0.1, 0.15) is 30.2 Å². The number of amides is 1. The summed E-state index contributed by atoms with van der Waals surface area (Å²) in [6.07, 6.45) is 0. The van der Waals surface area contributed by atoms with Gasteiger partial charge in [-0.15, -0.1) is 0 Å². The van der Waals surface area contributed by atoms with Crippen molar-refractivity contribution in [3.8, 4) is 0 Å². The number of piperazine rings is 1. The number of hydrogen-bond donors (Lipinski definition) is 1. The molecule has 0 atom stereocenters. The van der Waals surface area contributed by atoms with Crippen LogP contribution < -0.4 is 10.2 Å². The van der Waals surface area contributed by atoms with Gasteiger partial charge in [0, 0.05) is 43.6 Å². The topological polar surface area (TPSA) is 48.7 Å². The number of benzene rings is 1. The molecule has 0 bridgehead atoms. The highest BCUT2D eigenvalue weighted by Crippen LogP contribution is 2.22. The van der Waals surface area contributed by atoms with Crippen molar-refractivity contribution in [1.29, 1.82) is 0 Å². The van der Waals surface area contributed by atoms with Gasteiger partial charge in [0.05, 0.1) is 0 Å². The Kier molecular flexibility index (Phi) is 4.90. The molecule has 0 unspecified atom stereocenters. The van der Waals surface area contributed by atoms with Crippen LogP contribution in [0.4, 0.5) is 11.4 Å². The van der Waals surface area contributed by atoms with E-state index in [9.17, 15) is 4.79 Å². The maximum absolute atomic E-state index is 12.2. The second-order valence-electron chi connectivity index (χ2n) is 6.53. The fourth-order valence-corrected chi connectivity index (χ4v) is 3.03. The summed E-state index contributed by atoms with van der Waals surface area (Å²) in [4.78, 5) is 17.1. The smallest absolute Gasteiger partial charge is 0.291 e. The molecule has 1 N–H and O–H groups in total. The molecule has 2 aromatic rings. The molecule has 0 radical (unpaired) electrons. The molecule has 3 rings (SSSR count). The standard InChI is InChI=1S/C19H25N3O2/c1-14(2)21-9-11-22(12-10-21)17-6-4-5-16(13-17)20-19(23)18-8-7-15(3)24-18/h4-8,13-14H,9-12H2,1-3H3,(H,20,23). The molecule has 24 heavy (non-hydrogen) atoms. The number of nitrogens with one attached hydrogen (secondary N) is 1. The lowest BCUT2D eigenvalue weighted by atomic mass is 10.2. The summed E-state index contributed by atoms with van der Waals surface area (Å²) < 4.78 is 5.37. The number of carbonyl (C=O) groups is 1. The van der Waals surface area contributed by atoms with E-state index in [4.69, 9.17) is 4.42 Å². The van der Waals surface area contributed by atoms with Gasteiger partial charge in [-0.2, -0.15) is 0 Å². The summed E-state index contributed by atoms with van der Waals surface area (Å²) in [5, 5.41) is 2.91. The van der Waals surface area contributed by atoms with E-state index >= 15 is 0 Å². The van der Waals surface area contributed by atoms with Gasteiger partial charge in [0.1, 0.15) is 5.76 Å². The summed E-state index contributed by atoms with van der Waals surface area (Å²) >= 11 is 0. The molecular weight excluding hydrogens is 302 g/mol. The predicted octanol–water partition coefficient (Wildman–Crippen LogP) is 3.37. The van der Waals surface area contributed by atoms with Gasteiger partial charge < -0.3 is 14.6 Å². The third kappa shape index (κ3) is 3.79. The molecule has 1 amide bonds. The first-order valence-corrected chi connectivity index (χ1v) is 8.50. The van der Waals surface area contributed by atoms with Crippen LogP contribution in [0.25, 0.3) is 0 Å². The van der Waals surface area contributed by atoms with Crippen LogP contribution in [0.15, 0.2) is 40.8 Å². The van der Waals surface area contributed by atoms with Gasteiger partial charge in [-0.1, -0.05) is 6.07 Å². The Hall–Kier alpha value is -2.27. The van der Waals surface area contributed by atoms with Crippen molar-refractivity contribution in [1.82, 2.24) is 4.90 Å². The molecule has 5 heteroatoms. The highest BCUT2D eigenvalue weighted by Gasteiger charge is 2.19. The summed E-state index contributed by atoms with van der Waals surface area (Å²) in [5.41, 5.74) is 1.93. The maximum atomic E-state index is 12.2. The molecule has 128 valence electrons. The Labute approximate surface area is 143 Å². The van der Waals surface area contributed by atoms with E-state index in [0.717, 1.165) is 43.3 Å². The lowest BCUT2D eigenvalue weighted by molar-refractivity contribution is 0.0995. The van der Waals surface area contributed by atoms with E-state index < -0.39 is 0 Å². The van der Waals surface area contributed by atoms with Crippen LogP contribution in [0.2, 0.25) is 0 Å². The van der Waals surface area contributed by atoms with Gasteiger partial charge in [0.15, 0.2) is 5.76 Å². The number of nitrogens with zero attached hydrogens (tertiary/aromatic N) is 2. The zero-order chi connectivity index (χ0) is 17.1. The van der Waals surface area contributed by atoms with Crippen molar-refractivity contribution in [2.24, 2.45) is 0 Å². The quantitative estimate of drug-likeness (QED) is 0.935. The van der Waals surface area contributed by atoms with Crippen LogP contribution in [-0.2, 0) is 0 Å². The monoisotopic (exact) mass is 327 g/mol. The number of rotatable bonds is 4. The van der Waals surface area contributed by atoms with E-state index in [1.54, 1.807) is 12.1 Å². The lowest BCUT2D eigenvalue weighted by Crippen LogP contribution is -2.48. The Morgan fingerprint density at radius 2 is 1.88 bits per heavy atom. The van der Waals surface area contributed by atoms with Crippen LogP contribution in [0.5, 0.6) is 0 Å². The first-order valence-electron chi connectivity index (χ1n) is 8.50. The van der Waals surface area contributed by atoms with E-state index in [1.165, 1.54) is 0 Å². The number of hydrogen-bond acceptors (Lipinski definition) is 4. The van der Waals surface area contributed by atoms with E-state index in [0.29, 0.717) is 11.8 Å². The molecule has 0 aliphatic carbocycles. The van der Waals surface area contributed by atoms with Crippen molar-refractivity contribution in [3.05, 3.63) is 47.9 Å². The second kappa shape index (κ2) is 7.09. The van der Waals surface area contributed by atoms with Crippen molar-refractivity contribution < 1.29 is 9.21 Å². The Bertz CT molecular complexity index is 700. The second-order valence-corrected chi connectivity index (χ2v) is 6.53. The van der Waals surface area contributed by atoms with Gasteiger partial charge in [-0.05, 0) is 51.1 Å². The fraction of sp³-hybridized carbons (Fsp3) is 0.421. The van der Waals surface area contributed by atoms with Crippen molar-refractivity contribution >= 4 is 17.3 Å². The first kappa shape index (κ1) is 16.6. The summed E-state index contributed by atoms with van der Waals surface area (Å²) in [5.74, 6) is 0.852. The van der Waals surface area contributed by atoms with E-state index in [2.05, 4.69) is 35.0 Å². The SMILES string of the molecule is Cc1ccc(C(=O)Nc2cccc(N3CCN(C(C)C)CC3)c2)o1.